The minimum Gasteiger partial charge on any atom is -0.497 e. The van der Waals surface area contributed by atoms with Gasteiger partial charge in [-0.1, -0.05) is 23.4 Å². The first-order chi connectivity index (χ1) is 13.5. The predicted octanol–water partition coefficient (Wildman–Crippen LogP) is 3.96. The number of carbonyl (C=O) groups is 2. The summed E-state index contributed by atoms with van der Waals surface area (Å²) in [6, 6.07) is 12.6. The standard InChI is InChI=1S/C19H18ClN3O3S2/c1-26-14-5-3-13(4-6-14)23(9-8-17(21)24)18(25)11-27-19-22-15-10-12(20)2-7-16(15)28-19/h2-7,10H,8-9,11H2,1H3,(H2,21,24). The van der Waals surface area contributed by atoms with Crippen molar-refractivity contribution in [2.45, 2.75) is 10.8 Å². The van der Waals surface area contributed by atoms with Crippen molar-refractivity contribution < 1.29 is 14.3 Å². The number of benzene rings is 2. The number of aromatic nitrogens is 1. The van der Waals surface area contributed by atoms with Gasteiger partial charge in [-0.2, -0.15) is 0 Å². The Balaban J connectivity index is 1.72. The Kier molecular flexibility index (Phi) is 6.77. The quantitative estimate of drug-likeness (QED) is 0.541. The van der Waals surface area contributed by atoms with Crippen molar-refractivity contribution in [3.8, 4) is 5.75 Å². The minimum absolute atomic E-state index is 0.0854. The van der Waals surface area contributed by atoms with Gasteiger partial charge in [-0.3, -0.25) is 9.59 Å². The molecule has 0 unspecified atom stereocenters. The van der Waals surface area contributed by atoms with Crippen LogP contribution in [-0.4, -0.2) is 36.2 Å². The lowest BCUT2D eigenvalue weighted by Gasteiger charge is -2.22. The normalized spacial score (nSPS) is 10.8. The maximum atomic E-state index is 12.8. The van der Waals surface area contributed by atoms with E-state index in [1.165, 1.54) is 23.1 Å². The van der Waals surface area contributed by atoms with Crippen LogP contribution in [0.25, 0.3) is 10.2 Å². The van der Waals surface area contributed by atoms with Crippen molar-refractivity contribution in [2.24, 2.45) is 5.73 Å². The largest absolute Gasteiger partial charge is 0.497 e. The van der Waals surface area contributed by atoms with Crippen LogP contribution in [0.15, 0.2) is 46.8 Å². The second kappa shape index (κ2) is 9.27. The van der Waals surface area contributed by atoms with Crippen molar-refractivity contribution >= 4 is 62.4 Å². The van der Waals surface area contributed by atoms with E-state index in [-0.39, 0.29) is 24.6 Å². The van der Waals surface area contributed by atoms with Crippen LogP contribution >= 0.6 is 34.7 Å². The molecule has 0 aliphatic rings. The Morgan fingerprint density at radius 3 is 2.68 bits per heavy atom. The van der Waals surface area contributed by atoms with Crippen LogP contribution in [-0.2, 0) is 9.59 Å². The summed E-state index contributed by atoms with van der Waals surface area (Å²) < 4.78 is 6.95. The Morgan fingerprint density at radius 1 is 1.25 bits per heavy atom. The molecule has 0 fully saturated rings. The monoisotopic (exact) mass is 435 g/mol. The number of ether oxygens (including phenoxy) is 1. The fourth-order valence-electron chi connectivity index (χ4n) is 2.52. The number of thiazole rings is 1. The van der Waals surface area contributed by atoms with E-state index < -0.39 is 5.91 Å². The van der Waals surface area contributed by atoms with Crippen LogP contribution < -0.4 is 15.4 Å². The van der Waals surface area contributed by atoms with Gasteiger partial charge in [0, 0.05) is 23.7 Å². The van der Waals surface area contributed by atoms with Crippen molar-refractivity contribution in [2.75, 3.05) is 24.3 Å². The molecule has 146 valence electrons. The summed E-state index contributed by atoms with van der Waals surface area (Å²) in [6.45, 7) is 0.219. The lowest BCUT2D eigenvalue weighted by atomic mass is 10.2. The molecule has 1 heterocycles. The molecule has 3 aromatic rings. The first-order valence-electron chi connectivity index (χ1n) is 8.38. The van der Waals surface area contributed by atoms with E-state index in [1.54, 1.807) is 42.3 Å². The maximum Gasteiger partial charge on any atom is 0.237 e. The van der Waals surface area contributed by atoms with Gasteiger partial charge >= 0.3 is 0 Å². The number of fused-ring (bicyclic) bond motifs is 1. The molecule has 0 aliphatic heterocycles. The smallest absolute Gasteiger partial charge is 0.237 e. The highest BCUT2D eigenvalue weighted by Gasteiger charge is 2.18. The Hall–Kier alpha value is -2.29. The lowest BCUT2D eigenvalue weighted by Crippen LogP contribution is -2.35. The minimum atomic E-state index is -0.456. The van der Waals surface area contributed by atoms with Crippen LogP contribution in [0, 0.1) is 0 Å². The Bertz CT molecular complexity index is 992. The van der Waals surface area contributed by atoms with Crippen molar-refractivity contribution in [3.63, 3.8) is 0 Å². The van der Waals surface area contributed by atoms with Gasteiger partial charge in [0.25, 0.3) is 0 Å². The number of nitrogens with zero attached hydrogens (tertiary/aromatic N) is 2. The molecule has 3 rings (SSSR count). The maximum absolute atomic E-state index is 12.8. The van der Waals surface area contributed by atoms with Crippen LogP contribution in [0.3, 0.4) is 0 Å². The number of methoxy groups -OCH3 is 1. The molecule has 6 nitrogen and oxygen atoms in total. The molecule has 2 N–H and O–H groups in total. The second-order valence-electron chi connectivity index (χ2n) is 5.84. The third kappa shape index (κ3) is 5.15. The highest BCUT2D eigenvalue weighted by molar-refractivity contribution is 8.01. The number of amides is 2. The molecule has 1 aromatic heterocycles. The van der Waals surface area contributed by atoms with E-state index in [9.17, 15) is 9.59 Å². The Labute approximate surface area is 175 Å². The number of carbonyl (C=O) groups excluding carboxylic acids is 2. The first kappa shape index (κ1) is 20.4. The number of primary amides is 1. The molecular weight excluding hydrogens is 418 g/mol. The van der Waals surface area contributed by atoms with Gasteiger partial charge < -0.3 is 15.4 Å². The fourth-order valence-corrected chi connectivity index (χ4v) is 4.62. The molecular formula is C19H18ClN3O3S2. The van der Waals surface area contributed by atoms with Gasteiger partial charge in [0.15, 0.2) is 4.34 Å². The number of rotatable bonds is 8. The van der Waals surface area contributed by atoms with Crippen LogP contribution in [0.1, 0.15) is 6.42 Å². The van der Waals surface area contributed by atoms with Crippen molar-refractivity contribution in [1.82, 2.24) is 4.98 Å². The van der Waals surface area contributed by atoms with Crippen LogP contribution in [0.2, 0.25) is 5.02 Å². The number of nitrogens with two attached hydrogens (primary N) is 1. The summed E-state index contributed by atoms with van der Waals surface area (Å²) in [4.78, 5) is 30.1. The Morgan fingerprint density at radius 2 is 2.00 bits per heavy atom. The summed E-state index contributed by atoms with van der Waals surface area (Å²) in [7, 11) is 1.58. The molecule has 0 atom stereocenters. The molecule has 2 aromatic carbocycles. The van der Waals surface area contributed by atoms with E-state index in [2.05, 4.69) is 4.98 Å². The number of anilines is 1. The van der Waals surface area contributed by atoms with Crippen LogP contribution in [0.5, 0.6) is 5.75 Å². The van der Waals surface area contributed by atoms with Crippen molar-refractivity contribution in [3.05, 3.63) is 47.5 Å². The van der Waals surface area contributed by atoms with Gasteiger partial charge in [0.05, 0.1) is 23.1 Å². The summed E-state index contributed by atoms with van der Waals surface area (Å²) in [5.74, 6) is 0.294. The molecule has 0 aliphatic carbocycles. The molecule has 28 heavy (non-hydrogen) atoms. The lowest BCUT2D eigenvalue weighted by molar-refractivity contribution is -0.118. The number of thioether (sulfide) groups is 1. The fraction of sp³-hybridized carbons (Fsp3) is 0.211. The summed E-state index contributed by atoms with van der Waals surface area (Å²) in [6.07, 6.45) is 0.0854. The highest BCUT2D eigenvalue weighted by Crippen LogP contribution is 2.31. The third-order valence-corrected chi connectivity index (χ3v) is 6.32. The van der Waals surface area contributed by atoms with Gasteiger partial charge in [-0.25, -0.2) is 4.98 Å². The SMILES string of the molecule is COc1ccc(N(CCC(N)=O)C(=O)CSc2nc3cc(Cl)ccc3s2)cc1. The average molecular weight is 436 g/mol. The second-order valence-corrected chi connectivity index (χ2v) is 8.53. The third-order valence-electron chi connectivity index (χ3n) is 3.92. The number of hydrogen-bond acceptors (Lipinski definition) is 6. The van der Waals surface area contributed by atoms with E-state index >= 15 is 0 Å². The zero-order chi connectivity index (χ0) is 20.1. The first-order valence-corrected chi connectivity index (χ1v) is 10.6. The average Bonchev–Trinajstić information content (AvgIpc) is 3.08. The van der Waals surface area contributed by atoms with Gasteiger partial charge in [-0.05, 0) is 42.5 Å². The van der Waals surface area contributed by atoms with Crippen LogP contribution in [0.4, 0.5) is 5.69 Å². The number of halogens is 1. The molecule has 0 spiro atoms. The van der Waals surface area contributed by atoms with Gasteiger partial charge in [0.2, 0.25) is 11.8 Å². The molecule has 0 bridgehead atoms. The van der Waals surface area contributed by atoms with E-state index in [1.807, 2.05) is 12.1 Å². The molecule has 9 heteroatoms. The van der Waals surface area contributed by atoms with Gasteiger partial charge in [0.1, 0.15) is 5.75 Å². The van der Waals surface area contributed by atoms with E-state index in [0.29, 0.717) is 16.5 Å². The molecule has 0 radical (unpaired) electrons. The molecule has 2 amide bonds. The van der Waals surface area contributed by atoms with E-state index in [4.69, 9.17) is 22.1 Å². The van der Waals surface area contributed by atoms with Crippen molar-refractivity contribution in [1.29, 1.82) is 0 Å². The molecule has 0 saturated heterocycles. The molecule has 0 saturated carbocycles. The predicted molar refractivity (Wildman–Crippen MR) is 115 cm³/mol. The highest BCUT2D eigenvalue weighted by atomic mass is 35.5. The van der Waals surface area contributed by atoms with E-state index in [0.717, 1.165) is 14.6 Å². The number of hydrogen-bond donors (Lipinski definition) is 1. The summed E-state index contributed by atoms with van der Waals surface area (Å²) in [5, 5.41) is 0.627. The topological polar surface area (TPSA) is 85.5 Å². The summed E-state index contributed by atoms with van der Waals surface area (Å²) >= 11 is 8.86. The van der Waals surface area contributed by atoms with Gasteiger partial charge in [-0.15, -0.1) is 11.3 Å². The zero-order valence-corrected chi connectivity index (χ0v) is 17.4. The zero-order valence-electron chi connectivity index (χ0n) is 15.1. The summed E-state index contributed by atoms with van der Waals surface area (Å²) in [5.41, 5.74) is 6.76.